The van der Waals surface area contributed by atoms with Crippen LogP contribution in [0.4, 0.5) is 4.39 Å². The number of aromatic nitrogens is 1. The Morgan fingerprint density at radius 2 is 1.57 bits per heavy atom. The van der Waals surface area contributed by atoms with Crippen LogP contribution in [-0.2, 0) is 0 Å². The van der Waals surface area contributed by atoms with E-state index >= 15 is 0 Å². The van der Waals surface area contributed by atoms with E-state index in [-0.39, 0.29) is 5.75 Å². The fraction of sp³-hybridized carbons (Fsp3) is 0.593. The fourth-order valence-corrected chi connectivity index (χ4v) is 4.62. The molecule has 0 unspecified atom stereocenters. The van der Waals surface area contributed by atoms with Crippen LogP contribution in [0.3, 0.4) is 0 Å². The van der Waals surface area contributed by atoms with Gasteiger partial charge >= 0.3 is 0 Å². The minimum absolute atomic E-state index is 0.252. The van der Waals surface area contributed by atoms with Crippen LogP contribution < -0.4 is 4.74 Å². The van der Waals surface area contributed by atoms with Gasteiger partial charge in [0.05, 0.1) is 12.3 Å². The van der Waals surface area contributed by atoms with Crippen molar-refractivity contribution in [1.82, 2.24) is 4.98 Å². The lowest BCUT2D eigenvalue weighted by Crippen LogP contribution is -2.13. The summed E-state index contributed by atoms with van der Waals surface area (Å²) in [5.74, 6) is 1.34. The van der Waals surface area contributed by atoms with Crippen LogP contribution in [0.1, 0.15) is 96.0 Å². The molecule has 164 valence electrons. The van der Waals surface area contributed by atoms with Crippen LogP contribution in [0.2, 0.25) is 0 Å². The normalized spacial score (nSPS) is 19.0. The van der Waals surface area contributed by atoms with E-state index in [1.807, 2.05) is 6.07 Å². The van der Waals surface area contributed by atoms with Gasteiger partial charge in [-0.15, -0.1) is 0 Å². The largest absolute Gasteiger partial charge is 0.489 e. The third-order valence-electron chi connectivity index (χ3n) is 6.56. The zero-order chi connectivity index (χ0) is 21.2. The van der Waals surface area contributed by atoms with Gasteiger partial charge < -0.3 is 4.74 Å². The van der Waals surface area contributed by atoms with Crippen molar-refractivity contribution in [2.45, 2.75) is 90.4 Å². The van der Waals surface area contributed by atoms with Crippen LogP contribution in [-0.4, -0.2) is 11.6 Å². The van der Waals surface area contributed by atoms with Gasteiger partial charge in [-0.1, -0.05) is 76.6 Å². The van der Waals surface area contributed by atoms with E-state index in [9.17, 15) is 4.39 Å². The average molecular weight is 412 g/mol. The predicted octanol–water partition coefficient (Wildman–Crippen LogP) is 8.31. The lowest BCUT2D eigenvalue weighted by Gasteiger charge is -2.29. The van der Waals surface area contributed by atoms with Gasteiger partial charge in [-0.2, -0.15) is 4.39 Å². The molecule has 0 N–H and O–H groups in total. The number of hydrogen-bond donors (Lipinski definition) is 0. The summed E-state index contributed by atoms with van der Waals surface area (Å²) in [7, 11) is 0. The minimum Gasteiger partial charge on any atom is -0.489 e. The Morgan fingerprint density at radius 3 is 2.23 bits per heavy atom. The summed E-state index contributed by atoms with van der Waals surface area (Å²) in [6.07, 6.45) is 14.0. The van der Waals surface area contributed by atoms with Crippen molar-refractivity contribution < 1.29 is 9.13 Å². The van der Waals surface area contributed by atoms with E-state index in [1.54, 1.807) is 6.07 Å². The number of rotatable bonds is 11. The minimum atomic E-state index is -0.519. The standard InChI is InChI=1S/C27H38FNO/c1-3-5-7-9-21-10-12-22(13-11-21)23-14-16-24(17-15-23)25-18-19-26(27(28)29-25)30-20-8-6-4-2/h14-19,21-22H,3-13,20H2,1-2H3. The molecule has 1 aliphatic carbocycles. The van der Waals surface area contributed by atoms with Crippen LogP contribution >= 0.6 is 0 Å². The Hall–Kier alpha value is -1.90. The summed E-state index contributed by atoms with van der Waals surface area (Å²) in [5, 5.41) is 0. The van der Waals surface area contributed by atoms with Crippen molar-refractivity contribution in [3.8, 4) is 17.0 Å². The number of pyridine rings is 1. The molecule has 1 aliphatic rings. The molecule has 0 amide bonds. The van der Waals surface area contributed by atoms with Gasteiger partial charge in [-0.05, 0) is 61.6 Å². The Morgan fingerprint density at radius 1 is 0.867 bits per heavy atom. The van der Waals surface area contributed by atoms with Crippen LogP contribution in [0.25, 0.3) is 11.3 Å². The highest BCUT2D eigenvalue weighted by Gasteiger charge is 2.22. The number of unbranched alkanes of at least 4 members (excludes halogenated alkanes) is 4. The summed E-state index contributed by atoms with van der Waals surface area (Å²) in [4.78, 5) is 4.14. The third-order valence-corrected chi connectivity index (χ3v) is 6.56. The molecular formula is C27H38FNO. The molecule has 1 aromatic carbocycles. The first-order valence-electron chi connectivity index (χ1n) is 12.1. The van der Waals surface area contributed by atoms with E-state index < -0.39 is 5.95 Å². The Labute approximate surface area is 182 Å². The molecule has 0 aliphatic heterocycles. The van der Waals surface area contributed by atoms with Gasteiger partial charge in [0.25, 0.3) is 5.95 Å². The molecular weight excluding hydrogens is 373 g/mol. The van der Waals surface area contributed by atoms with Crippen molar-refractivity contribution in [2.24, 2.45) is 5.92 Å². The summed E-state index contributed by atoms with van der Waals surface area (Å²) < 4.78 is 19.9. The smallest absolute Gasteiger partial charge is 0.255 e. The van der Waals surface area contributed by atoms with Gasteiger partial charge in [0.2, 0.25) is 0 Å². The number of halogens is 1. The molecule has 1 aromatic heterocycles. The number of benzene rings is 1. The monoisotopic (exact) mass is 411 g/mol. The van der Waals surface area contributed by atoms with E-state index in [4.69, 9.17) is 4.74 Å². The summed E-state index contributed by atoms with van der Waals surface area (Å²) >= 11 is 0. The van der Waals surface area contributed by atoms with Gasteiger partial charge in [0.15, 0.2) is 5.75 Å². The topological polar surface area (TPSA) is 22.1 Å². The van der Waals surface area contributed by atoms with E-state index in [1.165, 1.54) is 56.9 Å². The molecule has 0 atom stereocenters. The predicted molar refractivity (Wildman–Crippen MR) is 123 cm³/mol. The van der Waals surface area contributed by atoms with Gasteiger partial charge in [-0.3, -0.25) is 0 Å². The second-order valence-corrected chi connectivity index (χ2v) is 8.88. The fourth-order valence-electron chi connectivity index (χ4n) is 4.62. The van der Waals surface area contributed by atoms with Crippen molar-refractivity contribution in [3.05, 3.63) is 47.9 Å². The first-order chi connectivity index (χ1) is 14.7. The van der Waals surface area contributed by atoms with E-state index in [0.717, 1.165) is 30.7 Å². The van der Waals surface area contributed by atoms with Crippen LogP contribution in [0, 0.1) is 11.9 Å². The first-order valence-corrected chi connectivity index (χ1v) is 12.1. The van der Waals surface area contributed by atoms with Gasteiger partial charge in [0, 0.05) is 5.56 Å². The second-order valence-electron chi connectivity index (χ2n) is 8.88. The molecule has 0 radical (unpaired) electrons. The summed E-state index contributed by atoms with van der Waals surface area (Å²) in [5.41, 5.74) is 3.05. The number of nitrogens with zero attached hydrogens (tertiary/aromatic N) is 1. The Kier molecular flexibility index (Phi) is 9.17. The third kappa shape index (κ3) is 6.55. The zero-order valence-corrected chi connectivity index (χ0v) is 18.8. The molecule has 3 heteroatoms. The molecule has 2 aromatic rings. The van der Waals surface area contributed by atoms with Crippen LogP contribution in [0.5, 0.6) is 5.75 Å². The maximum Gasteiger partial charge on any atom is 0.255 e. The average Bonchev–Trinajstić information content (AvgIpc) is 2.78. The summed E-state index contributed by atoms with van der Waals surface area (Å²) in [6, 6.07) is 12.2. The van der Waals surface area contributed by atoms with Crippen LogP contribution in [0.15, 0.2) is 36.4 Å². The van der Waals surface area contributed by atoms with Gasteiger partial charge in [0.1, 0.15) is 0 Å². The summed E-state index contributed by atoms with van der Waals surface area (Å²) in [6.45, 7) is 4.96. The molecule has 30 heavy (non-hydrogen) atoms. The van der Waals surface area contributed by atoms with E-state index in [2.05, 4.69) is 43.1 Å². The molecule has 3 rings (SSSR count). The highest BCUT2D eigenvalue weighted by atomic mass is 19.1. The molecule has 0 saturated heterocycles. The zero-order valence-electron chi connectivity index (χ0n) is 18.8. The molecule has 1 saturated carbocycles. The lowest BCUT2D eigenvalue weighted by molar-refractivity contribution is 0.287. The highest BCUT2D eigenvalue weighted by Crippen LogP contribution is 2.38. The second kappa shape index (κ2) is 12.1. The van der Waals surface area contributed by atoms with Crippen molar-refractivity contribution >= 4 is 0 Å². The Bertz CT molecular complexity index is 750. The van der Waals surface area contributed by atoms with Gasteiger partial charge in [-0.25, -0.2) is 4.98 Å². The molecule has 0 spiro atoms. The lowest BCUT2D eigenvalue weighted by atomic mass is 9.77. The maximum absolute atomic E-state index is 14.3. The first kappa shape index (κ1) is 22.8. The van der Waals surface area contributed by atoms with Crippen molar-refractivity contribution in [2.75, 3.05) is 6.61 Å². The quantitative estimate of drug-likeness (QED) is 0.274. The molecule has 1 heterocycles. The number of hydrogen-bond acceptors (Lipinski definition) is 2. The molecule has 2 nitrogen and oxygen atoms in total. The van der Waals surface area contributed by atoms with Crippen molar-refractivity contribution in [3.63, 3.8) is 0 Å². The molecule has 1 fully saturated rings. The maximum atomic E-state index is 14.3. The van der Waals surface area contributed by atoms with E-state index in [0.29, 0.717) is 18.2 Å². The number of ether oxygens (including phenoxy) is 1. The highest BCUT2D eigenvalue weighted by molar-refractivity contribution is 5.60. The van der Waals surface area contributed by atoms with Crippen molar-refractivity contribution in [1.29, 1.82) is 0 Å². The Balaban J connectivity index is 1.54. The SMILES string of the molecule is CCCCCOc1ccc(-c2ccc(C3CCC(CCCCC)CC3)cc2)nc1F. The molecule has 0 bridgehead atoms.